The van der Waals surface area contributed by atoms with Crippen molar-refractivity contribution in [1.29, 1.82) is 0 Å². The molecule has 0 saturated carbocycles. The molecule has 1 heterocycles. The summed E-state index contributed by atoms with van der Waals surface area (Å²) in [5.74, 6) is 0.208. The third kappa shape index (κ3) is 3.23. The van der Waals surface area contributed by atoms with Gasteiger partial charge in [0.05, 0.1) is 19.3 Å². The lowest BCUT2D eigenvalue weighted by atomic mass is 9.67. The molecule has 4 heteroatoms. The van der Waals surface area contributed by atoms with E-state index in [0.717, 1.165) is 17.6 Å². The molecule has 4 atom stereocenters. The van der Waals surface area contributed by atoms with E-state index in [1.165, 1.54) is 13.2 Å². The molecule has 1 fully saturated rings. The van der Waals surface area contributed by atoms with E-state index in [4.69, 9.17) is 9.47 Å². The van der Waals surface area contributed by atoms with Crippen LogP contribution in [-0.2, 0) is 16.0 Å². The lowest BCUT2D eigenvalue weighted by molar-refractivity contribution is -0.124. The number of hydrogen-bond acceptors (Lipinski definition) is 3. The highest BCUT2D eigenvalue weighted by atomic mass is 19.1. The molecule has 1 aliphatic carbocycles. The normalized spacial score (nSPS) is 27.5. The van der Waals surface area contributed by atoms with Crippen molar-refractivity contribution in [1.82, 2.24) is 0 Å². The maximum absolute atomic E-state index is 14.1. The summed E-state index contributed by atoms with van der Waals surface area (Å²) < 4.78 is 25.3. The minimum Gasteiger partial charge on any atom is -0.494 e. The molecule has 1 aromatic rings. The fraction of sp³-hybridized carbons (Fsp3) is 0.500. The smallest absolute Gasteiger partial charge is 0.165 e. The topological polar surface area (TPSA) is 35.5 Å². The number of rotatable bonds is 6. The first-order valence-corrected chi connectivity index (χ1v) is 9.25. The van der Waals surface area contributed by atoms with Crippen molar-refractivity contribution in [2.75, 3.05) is 13.7 Å². The number of ketones is 1. The van der Waals surface area contributed by atoms with Crippen LogP contribution < -0.4 is 4.74 Å². The molecule has 0 radical (unpaired) electrons. The van der Waals surface area contributed by atoms with E-state index >= 15 is 0 Å². The second kappa shape index (κ2) is 7.36. The van der Waals surface area contributed by atoms with Gasteiger partial charge in [0.15, 0.2) is 17.3 Å². The molecule has 1 saturated heterocycles. The molecule has 26 heavy (non-hydrogen) atoms. The van der Waals surface area contributed by atoms with Crippen molar-refractivity contribution in [3.05, 3.63) is 53.9 Å². The van der Waals surface area contributed by atoms with Gasteiger partial charge < -0.3 is 9.47 Å². The second-order valence-corrected chi connectivity index (χ2v) is 7.54. The van der Waals surface area contributed by atoms with Crippen LogP contribution in [0.5, 0.6) is 5.75 Å². The van der Waals surface area contributed by atoms with Crippen LogP contribution in [0.25, 0.3) is 0 Å². The van der Waals surface area contributed by atoms with Crippen molar-refractivity contribution in [2.45, 2.75) is 38.7 Å². The number of carbonyl (C=O) groups excluding carboxylic acids is 1. The third-order valence-corrected chi connectivity index (χ3v) is 6.04. The van der Waals surface area contributed by atoms with Crippen molar-refractivity contribution < 1.29 is 18.7 Å². The number of benzene rings is 1. The highest BCUT2D eigenvalue weighted by Gasteiger charge is 2.50. The van der Waals surface area contributed by atoms with Gasteiger partial charge in [-0.1, -0.05) is 26.0 Å². The van der Waals surface area contributed by atoms with Crippen LogP contribution in [0.1, 0.15) is 32.3 Å². The first-order valence-electron chi connectivity index (χ1n) is 9.25. The number of allylic oxidation sites excluding steroid dienone is 2. The molecule has 0 amide bonds. The molecular weight excluding hydrogens is 331 g/mol. The zero-order chi connectivity index (χ0) is 18.9. The Labute approximate surface area is 154 Å². The molecule has 0 N–H and O–H groups in total. The summed E-state index contributed by atoms with van der Waals surface area (Å²) >= 11 is 0. The molecule has 0 bridgehead atoms. The summed E-state index contributed by atoms with van der Waals surface area (Å²) in [6.07, 6.45) is 5.79. The van der Waals surface area contributed by atoms with Crippen LogP contribution in [0.15, 0.2) is 42.5 Å². The number of hydrogen-bond donors (Lipinski definition) is 0. The number of methoxy groups -OCH3 is 1. The maximum Gasteiger partial charge on any atom is 0.165 e. The molecular formula is C22H27FO3. The molecule has 1 aromatic carbocycles. The van der Waals surface area contributed by atoms with Crippen LogP contribution in [0.4, 0.5) is 4.39 Å². The maximum atomic E-state index is 14.1. The zero-order valence-electron chi connectivity index (χ0n) is 15.8. The Bertz CT molecular complexity index is 739. The Morgan fingerprint density at radius 2 is 2.23 bits per heavy atom. The van der Waals surface area contributed by atoms with Crippen molar-refractivity contribution >= 4 is 5.78 Å². The summed E-state index contributed by atoms with van der Waals surface area (Å²) in [5, 5.41) is 0. The van der Waals surface area contributed by atoms with Crippen molar-refractivity contribution in [3.63, 3.8) is 0 Å². The Hall–Kier alpha value is -1.94. The largest absolute Gasteiger partial charge is 0.494 e. The average molecular weight is 358 g/mol. The van der Waals surface area contributed by atoms with Crippen molar-refractivity contribution in [2.24, 2.45) is 17.8 Å². The Kier molecular flexibility index (Phi) is 5.33. The summed E-state index contributed by atoms with van der Waals surface area (Å²) in [7, 11) is 1.46. The summed E-state index contributed by atoms with van der Waals surface area (Å²) in [6.45, 7) is 8.64. The van der Waals surface area contributed by atoms with E-state index in [1.807, 2.05) is 19.1 Å². The zero-order valence-corrected chi connectivity index (χ0v) is 15.8. The van der Waals surface area contributed by atoms with Gasteiger partial charge in [0.1, 0.15) is 0 Å². The monoisotopic (exact) mass is 358 g/mol. The molecule has 3 nitrogen and oxygen atoms in total. The Balaban J connectivity index is 1.87. The highest BCUT2D eigenvalue weighted by Crippen LogP contribution is 2.48. The van der Waals surface area contributed by atoms with Gasteiger partial charge in [-0.25, -0.2) is 4.39 Å². The third-order valence-electron chi connectivity index (χ3n) is 6.04. The SMILES string of the molecule is C=CC(C)[C@H]1C[C@]2(C(C)Cc3ccc(OC)c(F)c3)OCCC2=CC1=O. The van der Waals surface area contributed by atoms with E-state index < -0.39 is 5.60 Å². The lowest BCUT2D eigenvalue weighted by Crippen LogP contribution is -2.46. The molecule has 2 aliphatic rings. The van der Waals surface area contributed by atoms with Crippen LogP contribution >= 0.6 is 0 Å². The highest BCUT2D eigenvalue weighted by molar-refractivity contribution is 5.94. The van der Waals surface area contributed by atoms with Crippen LogP contribution in [0.3, 0.4) is 0 Å². The first kappa shape index (κ1) is 18.8. The quantitative estimate of drug-likeness (QED) is 0.702. The van der Waals surface area contributed by atoms with Crippen LogP contribution in [0.2, 0.25) is 0 Å². The van der Waals surface area contributed by atoms with Gasteiger partial charge in [-0.05, 0) is 60.4 Å². The van der Waals surface area contributed by atoms with E-state index in [-0.39, 0.29) is 35.1 Å². The second-order valence-electron chi connectivity index (χ2n) is 7.54. The molecule has 1 aliphatic heterocycles. The predicted octanol–water partition coefficient (Wildman–Crippen LogP) is 4.51. The molecule has 0 aromatic heterocycles. The van der Waals surface area contributed by atoms with Gasteiger partial charge in [-0.3, -0.25) is 4.79 Å². The minimum atomic E-state index is -0.438. The number of ether oxygens (including phenoxy) is 2. The summed E-state index contributed by atoms with van der Waals surface area (Å²) in [5.41, 5.74) is 1.56. The van der Waals surface area contributed by atoms with Gasteiger partial charge in [-0.15, -0.1) is 6.58 Å². The lowest BCUT2D eigenvalue weighted by Gasteiger charge is -2.42. The summed E-state index contributed by atoms with van der Waals surface area (Å²) in [6, 6.07) is 5.08. The van der Waals surface area contributed by atoms with Gasteiger partial charge >= 0.3 is 0 Å². The van der Waals surface area contributed by atoms with Gasteiger partial charge in [0.2, 0.25) is 0 Å². The van der Waals surface area contributed by atoms with Crippen LogP contribution in [-0.4, -0.2) is 25.1 Å². The van der Waals surface area contributed by atoms with E-state index in [2.05, 4.69) is 13.5 Å². The minimum absolute atomic E-state index is 0.104. The fourth-order valence-electron chi connectivity index (χ4n) is 4.36. The standard InChI is InChI=1S/C22H27FO3/c1-5-14(2)18-13-22(17(8-9-26-22)12-20(18)24)15(3)10-16-6-7-21(25-4)19(23)11-16/h5-7,11-12,14-15,18H,1,8-10,13H2,2-4H3/t14?,15?,18-,22-/m1/s1. The van der Waals surface area contributed by atoms with E-state index in [0.29, 0.717) is 19.4 Å². The number of carbonyl (C=O) groups is 1. The number of halogens is 1. The van der Waals surface area contributed by atoms with Gasteiger partial charge in [0, 0.05) is 5.92 Å². The van der Waals surface area contributed by atoms with Crippen molar-refractivity contribution in [3.8, 4) is 5.75 Å². The van der Waals surface area contributed by atoms with Gasteiger partial charge in [0.25, 0.3) is 0 Å². The first-order chi connectivity index (χ1) is 12.4. The fourth-order valence-corrected chi connectivity index (χ4v) is 4.36. The Morgan fingerprint density at radius 3 is 2.88 bits per heavy atom. The molecule has 2 unspecified atom stereocenters. The van der Waals surface area contributed by atoms with Crippen LogP contribution in [0, 0.1) is 23.6 Å². The molecule has 140 valence electrons. The van der Waals surface area contributed by atoms with E-state index in [1.54, 1.807) is 12.1 Å². The number of fused-ring (bicyclic) bond motifs is 1. The van der Waals surface area contributed by atoms with E-state index in [9.17, 15) is 9.18 Å². The average Bonchev–Trinajstić information content (AvgIpc) is 3.04. The molecule has 3 rings (SSSR count). The predicted molar refractivity (Wildman–Crippen MR) is 99.7 cm³/mol. The van der Waals surface area contributed by atoms with Gasteiger partial charge in [-0.2, -0.15) is 0 Å². The summed E-state index contributed by atoms with van der Waals surface area (Å²) in [4.78, 5) is 12.5. The molecule has 0 spiro atoms. The Morgan fingerprint density at radius 1 is 1.46 bits per heavy atom.